The van der Waals surface area contributed by atoms with Crippen molar-refractivity contribution in [2.45, 2.75) is 18.9 Å². The number of anilines is 1. The number of fused-ring (bicyclic) bond motifs is 1. The molecule has 1 unspecified atom stereocenters. The van der Waals surface area contributed by atoms with Gasteiger partial charge in [0.25, 0.3) is 0 Å². The fourth-order valence-corrected chi connectivity index (χ4v) is 2.13. The molecule has 1 aliphatic heterocycles. The number of hydrogen-bond acceptors (Lipinski definition) is 3. The lowest BCUT2D eigenvalue weighted by molar-refractivity contribution is -0.123. The first-order chi connectivity index (χ1) is 8.72. The minimum Gasteiger partial charge on any atom is -0.354 e. The van der Waals surface area contributed by atoms with Gasteiger partial charge in [0.1, 0.15) is 11.9 Å². The van der Waals surface area contributed by atoms with Gasteiger partial charge in [-0.2, -0.15) is 0 Å². The predicted molar refractivity (Wildman–Crippen MR) is 65.7 cm³/mol. The average molecular weight is 248 g/mol. The van der Waals surface area contributed by atoms with Gasteiger partial charge in [-0.05, 0) is 31.0 Å². The molecule has 2 heterocycles. The number of rotatable bonds is 2. The van der Waals surface area contributed by atoms with E-state index in [0.29, 0.717) is 17.0 Å². The maximum atomic E-state index is 13.0. The summed E-state index contributed by atoms with van der Waals surface area (Å²) >= 11 is 0. The van der Waals surface area contributed by atoms with Crippen LogP contribution in [0.4, 0.5) is 10.3 Å². The zero-order chi connectivity index (χ0) is 12.5. The molecule has 1 aliphatic rings. The average Bonchev–Trinajstić information content (AvgIpc) is 2.73. The second-order valence-corrected chi connectivity index (χ2v) is 4.38. The fourth-order valence-electron chi connectivity index (χ4n) is 2.13. The van der Waals surface area contributed by atoms with Crippen LogP contribution in [0, 0.1) is 5.82 Å². The summed E-state index contributed by atoms with van der Waals surface area (Å²) in [6.45, 7) is 0.725. The van der Waals surface area contributed by atoms with Crippen LogP contribution in [0.3, 0.4) is 0 Å². The molecule has 2 aromatic rings. The molecule has 1 saturated heterocycles. The second-order valence-electron chi connectivity index (χ2n) is 4.38. The molecule has 0 radical (unpaired) electrons. The molecule has 6 heteroatoms. The summed E-state index contributed by atoms with van der Waals surface area (Å²) in [7, 11) is 0. The van der Waals surface area contributed by atoms with E-state index in [2.05, 4.69) is 20.6 Å². The molecule has 5 nitrogen and oxygen atoms in total. The summed E-state index contributed by atoms with van der Waals surface area (Å²) in [5.74, 6) is 0.165. The molecule has 0 aliphatic carbocycles. The van der Waals surface area contributed by atoms with Crippen molar-refractivity contribution < 1.29 is 9.18 Å². The number of halogens is 1. The van der Waals surface area contributed by atoms with Gasteiger partial charge in [0.15, 0.2) is 0 Å². The molecule has 3 rings (SSSR count). The molecule has 0 saturated carbocycles. The summed E-state index contributed by atoms with van der Waals surface area (Å²) in [6, 6.07) is 4.08. The van der Waals surface area contributed by atoms with E-state index in [4.69, 9.17) is 0 Å². The molecule has 18 heavy (non-hydrogen) atoms. The maximum Gasteiger partial charge on any atom is 0.242 e. The Hall–Kier alpha value is -2.11. The highest BCUT2D eigenvalue weighted by Crippen LogP contribution is 2.17. The highest BCUT2D eigenvalue weighted by molar-refractivity contribution is 5.85. The highest BCUT2D eigenvalue weighted by atomic mass is 19.1. The van der Waals surface area contributed by atoms with Crippen molar-refractivity contribution >= 4 is 22.9 Å². The topological polar surface area (TPSA) is 69.8 Å². The van der Waals surface area contributed by atoms with Crippen LogP contribution in [-0.2, 0) is 4.79 Å². The number of nitrogens with zero attached hydrogens (tertiary/aromatic N) is 1. The van der Waals surface area contributed by atoms with Gasteiger partial charge >= 0.3 is 0 Å². The lowest BCUT2D eigenvalue weighted by Gasteiger charge is -2.22. The summed E-state index contributed by atoms with van der Waals surface area (Å²) in [5, 5.41) is 5.83. The molecule has 1 fully saturated rings. The van der Waals surface area contributed by atoms with Gasteiger partial charge in [-0.1, -0.05) is 0 Å². The van der Waals surface area contributed by atoms with Crippen LogP contribution in [0.5, 0.6) is 0 Å². The number of H-pyrrole nitrogens is 1. The van der Waals surface area contributed by atoms with Crippen molar-refractivity contribution in [1.82, 2.24) is 15.3 Å². The number of hydrogen-bond donors (Lipinski definition) is 3. The van der Waals surface area contributed by atoms with E-state index >= 15 is 0 Å². The quantitative estimate of drug-likeness (QED) is 0.752. The van der Waals surface area contributed by atoms with Crippen LogP contribution in [0.15, 0.2) is 18.2 Å². The lowest BCUT2D eigenvalue weighted by atomic mass is 10.1. The number of nitrogens with one attached hydrogen (secondary N) is 3. The summed E-state index contributed by atoms with van der Waals surface area (Å²) < 4.78 is 13.0. The molecule has 1 aromatic heterocycles. The van der Waals surface area contributed by atoms with Gasteiger partial charge in [0.2, 0.25) is 11.9 Å². The molecular weight excluding hydrogens is 235 g/mol. The number of imidazole rings is 1. The maximum absolute atomic E-state index is 13.0. The van der Waals surface area contributed by atoms with Crippen molar-refractivity contribution in [2.24, 2.45) is 0 Å². The van der Waals surface area contributed by atoms with Crippen LogP contribution in [-0.4, -0.2) is 28.5 Å². The van der Waals surface area contributed by atoms with Gasteiger partial charge in [-0.25, -0.2) is 9.37 Å². The summed E-state index contributed by atoms with van der Waals surface area (Å²) in [4.78, 5) is 18.8. The number of carbonyl (C=O) groups excluding carboxylic acids is 1. The normalized spacial score (nSPS) is 19.8. The molecule has 94 valence electrons. The number of aromatic amines is 1. The molecule has 1 atom stereocenters. The monoisotopic (exact) mass is 248 g/mol. The summed E-state index contributed by atoms with van der Waals surface area (Å²) in [6.07, 6.45) is 1.72. The van der Waals surface area contributed by atoms with Crippen molar-refractivity contribution in [1.29, 1.82) is 0 Å². The Balaban J connectivity index is 1.84. The third kappa shape index (κ3) is 2.01. The minimum atomic E-state index is -0.312. The predicted octanol–water partition coefficient (Wildman–Crippen LogP) is 1.39. The van der Waals surface area contributed by atoms with E-state index in [1.807, 2.05) is 0 Å². The van der Waals surface area contributed by atoms with E-state index in [0.717, 1.165) is 19.4 Å². The Morgan fingerprint density at radius 2 is 2.33 bits per heavy atom. The Morgan fingerprint density at radius 3 is 3.17 bits per heavy atom. The Morgan fingerprint density at radius 1 is 1.44 bits per heavy atom. The summed E-state index contributed by atoms with van der Waals surface area (Å²) in [5.41, 5.74) is 1.30. The Kier molecular flexibility index (Phi) is 2.62. The third-order valence-electron chi connectivity index (χ3n) is 3.04. The highest BCUT2D eigenvalue weighted by Gasteiger charge is 2.22. The van der Waals surface area contributed by atoms with E-state index < -0.39 is 0 Å². The van der Waals surface area contributed by atoms with Crippen LogP contribution in [0.1, 0.15) is 12.8 Å². The van der Waals surface area contributed by atoms with Crippen LogP contribution >= 0.6 is 0 Å². The van der Waals surface area contributed by atoms with E-state index in [1.54, 1.807) is 6.07 Å². The Labute approximate surface area is 103 Å². The van der Waals surface area contributed by atoms with E-state index in [1.165, 1.54) is 12.1 Å². The molecule has 1 amide bonds. The first kappa shape index (κ1) is 11.0. The SMILES string of the molecule is O=C1NCCCC1Nc1nc2ccc(F)cc2[nH]1. The minimum absolute atomic E-state index is 0.0205. The zero-order valence-corrected chi connectivity index (χ0v) is 9.66. The number of benzene rings is 1. The van der Waals surface area contributed by atoms with E-state index in [9.17, 15) is 9.18 Å². The number of amides is 1. The van der Waals surface area contributed by atoms with Gasteiger partial charge in [-0.3, -0.25) is 4.79 Å². The smallest absolute Gasteiger partial charge is 0.242 e. The Bertz CT molecular complexity index is 595. The van der Waals surface area contributed by atoms with Gasteiger partial charge < -0.3 is 15.6 Å². The van der Waals surface area contributed by atoms with E-state index in [-0.39, 0.29) is 17.8 Å². The van der Waals surface area contributed by atoms with Gasteiger partial charge in [-0.15, -0.1) is 0 Å². The van der Waals surface area contributed by atoms with Crippen molar-refractivity contribution in [3.05, 3.63) is 24.0 Å². The van der Waals surface area contributed by atoms with Crippen molar-refractivity contribution in [2.75, 3.05) is 11.9 Å². The fraction of sp³-hybridized carbons (Fsp3) is 0.333. The molecule has 1 aromatic carbocycles. The molecular formula is C12H13FN4O. The van der Waals surface area contributed by atoms with Crippen LogP contribution in [0.2, 0.25) is 0 Å². The second kappa shape index (κ2) is 4.29. The third-order valence-corrected chi connectivity index (χ3v) is 3.04. The number of carbonyl (C=O) groups is 1. The molecule has 0 spiro atoms. The first-order valence-electron chi connectivity index (χ1n) is 5.92. The van der Waals surface area contributed by atoms with Gasteiger partial charge in [0, 0.05) is 6.54 Å². The number of piperidine rings is 1. The zero-order valence-electron chi connectivity index (χ0n) is 9.66. The molecule has 3 N–H and O–H groups in total. The number of aromatic nitrogens is 2. The first-order valence-corrected chi connectivity index (χ1v) is 5.92. The largest absolute Gasteiger partial charge is 0.354 e. The van der Waals surface area contributed by atoms with Crippen LogP contribution in [0.25, 0.3) is 11.0 Å². The van der Waals surface area contributed by atoms with Crippen molar-refractivity contribution in [3.63, 3.8) is 0 Å². The van der Waals surface area contributed by atoms with Gasteiger partial charge in [0.05, 0.1) is 11.0 Å². The molecule has 0 bridgehead atoms. The van der Waals surface area contributed by atoms with Crippen LogP contribution < -0.4 is 10.6 Å². The standard InChI is InChI=1S/C12H13FN4O/c13-7-3-4-8-10(6-7)17-12(15-8)16-9-2-1-5-14-11(9)18/h3-4,6,9H,1-2,5H2,(H,14,18)(H2,15,16,17). The lowest BCUT2D eigenvalue weighted by Crippen LogP contribution is -2.44. The van der Waals surface area contributed by atoms with Crippen molar-refractivity contribution in [3.8, 4) is 0 Å².